The van der Waals surface area contributed by atoms with Crippen LogP contribution in [0.4, 0.5) is 0 Å². The van der Waals surface area contributed by atoms with Crippen molar-refractivity contribution in [3.63, 3.8) is 0 Å². The lowest BCUT2D eigenvalue weighted by molar-refractivity contribution is -0.123. The molecule has 142 valence electrons. The Morgan fingerprint density at radius 2 is 1.92 bits per heavy atom. The first-order chi connectivity index (χ1) is 11.8. The van der Waals surface area contributed by atoms with Gasteiger partial charge in [-0.15, -0.1) is 0 Å². The smallest absolute Gasteiger partial charge is 0.258 e. The van der Waals surface area contributed by atoms with Crippen LogP contribution < -0.4 is 10.1 Å². The van der Waals surface area contributed by atoms with Crippen molar-refractivity contribution in [3.05, 3.63) is 23.2 Å². The monoisotopic (exact) mass is 390 g/mol. The van der Waals surface area contributed by atoms with Crippen molar-refractivity contribution >= 4 is 27.5 Å². The molecule has 0 heterocycles. The number of halogens is 1. The average Bonchev–Trinajstić information content (AvgIpc) is 2.54. The highest BCUT2D eigenvalue weighted by Gasteiger charge is 2.26. The number of carbonyl (C=O) groups is 1. The van der Waals surface area contributed by atoms with Crippen LogP contribution in [0, 0.1) is 0 Å². The molecular formula is C17H27ClN2O4S. The van der Waals surface area contributed by atoms with Crippen LogP contribution in [0.3, 0.4) is 0 Å². The van der Waals surface area contributed by atoms with Crippen LogP contribution in [-0.2, 0) is 14.8 Å². The molecule has 6 nitrogen and oxygen atoms in total. The van der Waals surface area contributed by atoms with Gasteiger partial charge in [0, 0.05) is 24.2 Å². The Hall–Kier alpha value is -1.31. The summed E-state index contributed by atoms with van der Waals surface area (Å²) in [5.74, 6) is -0.170. The van der Waals surface area contributed by atoms with Crippen molar-refractivity contribution in [1.29, 1.82) is 0 Å². The van der Waals surface area contributed by atoms with Crippen LogP contribution >= 0.6 is 11.6 Å². The summed E-state index contributed by atoms with van der Waals surface area (Å²) >= 11 is 5.96. The Bertz CT molecular complexity index is 675. The lowest BCUT2D eigenvalue weighted by Gasteiger charge is -2.21. The third kappa shape index (κ3) is 6.17. The van der Waals surface area contributed by atoms with E-state index >= 15 is 0 Å². The molecule has 1 atom stereocenters. The fourth-order valence-corrected chi connectivity index (χ4v) is 4.32. The van der Waals surface area contributed by atoms with E-state index in [4.69, 9.17) is 16.3 Å². The zero-order valence-electron chi connectivity index (χ0n) is 15.2. The number of ether oxygens (including phenoxy) is 1. The number of amides is 1. The van der Waals surface area contributed by atoms with Gasteiger partial charge in [-0.1, -0.05) is 38.8 Å². The average molecular weight is 391 g/mol. The topological polar surface area (TPSA) is 75.7 Å². The minimum Gasteiger partial charge on any atom is -0.482 e. The molecular weight excluding hydrogens is 364 g/mol. The maximum Gasteiger partial charge on any atom is 0.258 e. The summed E-state index contributed by atoms with van der Waals surface area (Å²) in [5.41, 5.74) is 0. The van der Waals surface area contributed by atoms with Crippen LogP contribution in [0.15, 0.2) is 23.1 Å². The van der Waals surface area contributed by atoms with Crippen molar-refractivity contribution in [2.75, 3.05) is 19.7 Å². The molecule has 0 saturated heterocycles. The molecule has 1 N–H and O–H groups in total. The number of sulfonamides is 1. The van der Waals surface area contributed by atoms with E-state index in [1.807, 2.05) is 13.8 Å². The normalized spacial score (nSPS) is 12.9. The summed E-state index contributed by atoms with van der Waals surface area (Å²) in [5, 5.41) is 3.11. The fourth-order valence-electron chi connectivity index (χ4n) is 2.47. The first kappa shape index (κ1) is 21.7. The Balaban J connectivity index is 2.97. The molecule has 0 unspecified atom stereocenters. The van der Waals surface area contributed by atoms with E-state index in [-0.39, 0.29) is 29.2 Å². The number of nitrogens with zero attached hydrogens (tertiary/aromatic N) is 1. The van der Waals surface area contributed by atoms with Gasteiger partial charge in [0.15, 0.2) is 6.61 Å². The van der Waals surface area contributed by atoms with Gasteiger partial charge < -0.3 is 10.1 Å². The minimum absolute atomic E-state index is 0.0295. The second kappa shape index (κ2) is 9.99. The van der Waals surface area contributed by atoms with Gasteiger partial charge in [-0.25, -0.2) is 8.42 Å². The van der Waals surface area contributed by atoms with Crippen LogP contribution in [0.25, 0.3) is 0 Å². The maximum atomic E-state index is 12.8. The second-order valence-electron chi connectivity index (χ2n) is 5.73. The van der Waals surface area contributed by atoms with E-state index in [0.29, 0.717) is 18.1 Å². The van der Waals surface area contributed by atoms with E-state index in [1.54, 1.807) is 13.8 Å². The first-order valence-electron chi connectivity index (χ1n) is 8.48. The molecule has 25 heavy (non-hydrogen) atoms. The number of hydrogen-bond acceptors (Lipinski definition) is 4. The minimum atomic E-state index is -3.74. The molecule has 0 aliphatic rings. The molecule has 0 aromatic heterocycles. The van der Waals surface area contributed by atoms with Gasteiger partial charge in [0.1, 0.15) is 10.6 Å². The molecule has 1 aromatic rings. The van der Waals surface area contributed by atoms with Crippen LogP contribution in [0.5, 0.6) is 5.75 Å². The van der Waals surface area contributed by atoms with E-state index in [1.165, 1.54) is 22.5 Å². The summed E-state index contributed by atoms with van der Waals surface area (Å²) < 4.78 is 32.3. The lowest BCUT2D eigenvalue weighted by atomic mass is 10.2. The van der Waals surface area contributed by atoms with E-state index in [9.17, 15) is 13.2 Å². The highest BCUT2D eigenvalue weighted by molar-refractivity contribution is 7.89. The van der Waals surface area contributed by atoms with E-state index in [0.717, 1.165) is 12.8 Å². The van der Waals surface area contributed by atoms with Gasteiger partial charge in [-0.05, 0) is 31.5 Å². The maximum absolute atomic E-state index is 12.8. The van der Waals surface area contributed by atoms with E-state index < -0.39 is 10.0 Å². The molecule has 0 radical (unpaired) electrons. The highest BCUT2D eigenvalue weighted by atomic mass is 35.5. The summed E-state index contributed by atoms with van der Waals surface area (Å²) in [6, 6.07) is 4.41. The van der Waals surface area contributed by atoms with Gasteiger partial charge in [-0.2, -0.15) is 4.31 Å². The Kier molecular flexibility index (Phi) is 8.68. The number of nitrogens with one attached hydrogen (secondary N) is 1. The molecule has 1 aromatic carbocycles. The van der Waals surface area contributed by atoms with Crippen molar-refractivity contribution in [2.24, 2.45) is 0 Å². The number of rotatable bonds is 10. The SMILES string of the molecule is CCC[C@H](C)NC(=O)COc1ccc(Cl)cc1S(=O)(=O)N(CC)CC. The number of hydrogen-bond donors (Lipinski definition) is 1. The van der Waals surface area contributed by atoms with Crippen molar-refractivity contribution in [2.45, 2.75) is 51.5 Å². The fraction of sp³-hybridized carbons (Fsp3) is 0.588. The van der Waals surface area contributed by atoms with Crippen molar-refractivity contribution < 1.29 is 17.9 Å². The van der Waals surface area contributed by atoms with Crippen LogP contribution in [0.1, 0.15) is 40.5 Å². The second-order valence-corrected chi connectivity index (χ2v) is 8.07. The predicted octanol–water partition coefficient (Wildman–Crippen LogP) is 3.05. The van der Waals surface area contributed by atoms with Crippen molar-refractivity contribution in [1.82, 2.24) is 9.62 Å². The predicted molar refractivity (Wildman–Crippen MR) is 99.6 cm³/mol. The van der Waals surface area contributed by atoms with Gasteiger partial charge >= 0.3 is 0 Å². The molecule has 1 rings (SSSR count). The molecule has 0 fully saturated rings. The van der Waals surface area contributed by atoms with Gasteiger partial charge in [-0.3, -0.25) is 4.79 Å². The summed E-state index contributed by atoms with van der Waals surface area (Å²) in [7, 11) is -3.74. The molecule has 0 saturated carbocycles. The molecule has 8 heteroatoms. The Morgan fingerprint density at radius 1 is 1.28 bits per heavy atom. The van der Waals surface area contributed by atoms with Crippen molar-refractivity contribution in [3.8, 4) is 5.75 Å². The standard InChI is InChI=1S/C17H27ClN2O4S/c1-5-8-13(4)19-17(21)12-24-15-10-9-14(18)11-16(15)25(22,23)20(6-2)7-3/h9-11,13H,5-8,12H2,1-4H3,(H,19,21)/t13-/m0/s1. The Labute approximate surface area is 155 Å². The van der Waals surface area contributed by atoms with Gasteiger partial charge in [0.2, 0.25) is 10.0 Å². The summed E-state index contributed by atoms with van der Waals surface area (Å²) in [4.78, 5) is 11.9. The largest absolute Gasteiger partial charge is 0.482 e. The first-order valence-corrected chi connectivity index (χ1v) is 10.3. The van der Waals surface area contributed by atoms with Crippen LogP contribution in [-0.4, -0.2) is 44.4 Å². The third-order valence-corrected chi connectivity index (χ3v) is 6.02. The summed E-state index contributed by atoms with van der Waals surface area (Å²) in [6.07, 6.45) is 1.83. The molecule has 0 spiro atoms. The Morgan fingerprint density at radius 3 is 2.48 bits per heavy atom. The highest BCUT2D eigenvalue weighted by Crippen LogP contribution is 2.29. The number of carbonyl (C=O) groups excluding carboxylic acids is 1. The zero-order valence-corrected chi connectivity index (χ0v) is 16.8. The third-order valence-electron chi connectivity index (χ3n) is 3.72. The van der Waals surface area contributed by atoms with Crippen LogP contribution in [0.2, 0.25) is 5.02 Å². The van der Waals surface area contributed by atoms with Gasteiger partial charge in [0.05, 0.1) is 0 Å². The molecule has 0 aliphatic carbocycles. The number of benzene rings is 1. The molecule has 0 bridgehead atoms. The lowest BCUT2D eigenvalue weighted by Crippen LogP contribution is -2.36. The molecule has 0 aliphatic heterocycles. The molecule has 1 amide bonds. The quantitative estimate of drug-likeness (QED) is 0.666. The zero-order chi connectivity index (χ0) is 19.0. The van der Waals surface area contributed by atoms with E-state index in [2.05, 4.69) is 5.32 Å². The summed E-state index contributed by atoms with van der Waals surface area (Å²) in [6.45, 7) is 7.89. The van der Waals surface area contributed by atoms with Gasteiger partial charge in [0.25, 0.3) is 5.91 Å².